The molecule has 1 fully saturated rings. The molecule has 1 aliphatic rings. The van der Waals surface area contributed by atoms with Gasteiger partial charge in [0.2, 0.25) is 5.89 Å². The van der Waals surface area contributed by atoms with E-state index in [-0.39, 0.29) is 35.9 Å². The highest BCUT2D eigenvalue weighted by Crippen LogP contribution is 2.30. The monoisotopic (exact) mass is 384 g/mol. The normalized spacial score (nSPS) is 16.1. The Bertz CT molecular complexity index is 807. The maximum absolute atomic E-state index is 13.0. The van der Waals surface area contributed by atoms with Crippen LogP contribution in [0.4, 0.5) is 0 Å². The highest BCUT2D eigenvalue weighted by atomic mass is 16.4. The number of carboxylic acid groups (broad SMARTS) is 1. The number of nitrogens with zero attached hydrogens (tertiary/aromatic N) is 1. The summed E-state index contributed by atoms with van der Waals surface area (Å²) in [5.74, 6) is -0.150. The lowest BCUT2D eigenvalue weighted by Crippen LogP contribution is -2.43. The minimum atomic E-state index is -0.898. The van der Waals surface area contributed by atoms with Crippen molar-refractivity contribution in [2.75, 3.05) is 0 Å². The molecule has 0 bridgehead atoms. The van der Waals surface area contributed by atoms with Crippen LogP contribution in [0.5, 0.6) is 0 Å². The molecule has 0 spiro atoms. The zero-order valence-corrected chi connectivity index (χ0v) is 16.5. The molecule has 6 nitrogen and oxygen atoms in total. The fraction of sp³-hybridized carbons (Fsp3) is 0.500. The summed E-state index contributed by atoms with van der Waals surface area (Å²) in [7, 11) is 0. The fourth-order valence-electron chi connectivity index (χ4n) is 3.89. The number of hydrogen-bond acceptors (Lipinski definition) is 4. The molecule has 3 rings (SSSR count). The fourth-order valence-corrected chi connectivity index (χ4v) is 3.89. The second-order valence-corrected chi connectivity index (χ2v) is 7.83. The van der Waals surface area contributed by atoms with Crippen LogP contribution in [0.15, 0.2) is 34.7 Å². The van der Waals surface area contributed by atoms with Gasteiger partial charge in [-0.25, -0.2) is 4.98 Å². The summed E-state index contributed by atoms with van der Waals surface area (Å²) in [5.41, 5.74) is 1.05. The Morgan fingerprint density at radius 2 is 1.86 bits per heavy atom. The number of carbonyl (C=O) groups excluding carboxylic acids is 1. The molecule has 1 atom stereocenters. The van der Waals surface area contributed by atoms with Gasteiger partial charge in [0, 0.05) is 17.5 Å². The molecular formula is C22H28N2O4. The van der Waals surface area contributed by atoms with E-state index < -0.39 is 5.97 Å². The molecule has 0 radical (unpaired) electrons. The summed E-state index contributed by atoms with van der Waals surface area (Å²) in [5, 5.41) is 12.3. The summed E-state index contributed by atoms with van der Waals surface area (Å²) in [4.78, 5) is 28.8. The molecule has 0 saturated heterocycles. The van der Waals surface area contributed by atoms with Gasteiger partial charge >= 0.3 is 5.97 Å². The predicted octanol–water partition coefficient (Wildman–Crippen LogP) is 4.62. The molecule has 1 saturated carbocycles. The van der Waals surface area contributed by atoms with Crippen molar-refractivity contribution in [3.8, 4) is 11.5 Å². The third-order valence-electron chi connectivity index (χ3n) is 5.34. The van der Waals surface area contributed by atoms with E-state index in [0.717, 1.165) is 31.2 Å². The predicted molar refractivity (Wildman–Crippen MR) is 106 cm³/mol. The van der Waals surface area contributed by atoms with Crippen LogP contribution in [-0.2, 0) is 4.79 Å². The van der Waals surface area contributed by atoms with Crippen LogP contribution in [-0.4, -0.2) is 28.0 Å². The first-order chi connectivity index (χ1) is 13.5. The zero-order valence-electron chi connectivity index (χ0n) is 16.5. The first kappa shape index (κ1) is 20.1. The average molecular weight is 384 g/mol. The Hall–Kier alpha value is -2.63. The molecule has 1 amide bonds. The Morgan fingerprint density at radius 1 is 1.18 bits per heavy atom. The van der Waals surface area contributed by atoms with Gasteiger partial charge in [-0.3, -0.25) is 9.59 Å². The number of nitrogens with one attached hydrogen (secondary N) is 1. The third kappa shape index (κ3) is 4.80. The van der Waals surface area contributed by atoms with Crippen LogP contribution in [0, 0.1) is 5.92 Å². The quantitative estimate of drug-likeness (QED) is 0.727. The minimum absolute atomic E-state index is 0.0154. The summed E-state index contributed by atoms with van der Waals surface area (Å²) >= 11 is 0. The SMILES string of the molecule is CC(C)c1oc(-c2ccccc2)nc1C(=O)NC(CC(=O)O)C1CCCCC1. The number of aliphatic carboxylic acids is 1. The lowest BCUT2D eigenvalue weighted by Gasteiger charge is -2.29. The highest BCUT2D eigenvalue weighted by Gasteiger charge is 2.30. The Kier molecular flexibility index (Phi) is 6.49. The van der Waals surface area contributed by atoms with Crippen LogP contribution < -0.4 is 5.32 Å². The van der Waals surface area contributed by atoms with E-state index in [1.165, 1.54) is 6.42 Å². The highest BCUT2D eigenvalue weighted by molar-refractivity contribution is 5.94. The number of hydrogen-bond donors (Lipinski definition) is 2. The number of rotatable bonds is 7. The van der Waals surface area contributed by atoms with Gasteiger partial charge < -0.3 is 14.8 Å². The number of benzene rings is 1. The summed E-state index contributed by atoms with van der Waals surface area (Å²) in [6.07, 6.45) is 5.15. The molecular weight excluding hydrogens is 356 g/mol. The minimum Gasteiger partial charge on any atom is -0.481 e. The van der Waals surface area contributed by atoms with Gasteiger partial charge in [0.25, 0.3) is 5.91 Å². The van der Waals surface area contributed by atoms with Crippen molar-refractivity contribution in [1.29, 1.82) is 0 Å². The van der Waals surface area contributed by atoms with Crippen molar-refractivity contribution < 1.29 is 19.1 Å². The van der Waals surface area contributed by atoms with Crippen molar-refractivity contribution in [1.82, 2.24) is 10.3 Å². The summed E-state index contributed by atoms with van der Waals surface area (Å²) in [6.45, 7) is 3.89. The maximum Gasteiger partial charge on any atom is 0.305 e. The number of carboxylic acids is 1. The van der Waals surface area contributed by atoms with Gasteiger partial charge in [0.05, 0.1) is 6.42 Å². The van der Waals surface area contributed by atoms with E-state index in [2.05, 4.69) is 10.3 Å². The second kappa shape index (κ2) is 9.04. The topological polar surface area (TPSA) is 92.4 Å². The second-order valence-electron chi connectivity index (χ2n) is 7.83. The number of oxazole rings is 1. The lowest BCUT2D eigenvalue weighted by molar-refractivity contribution is -0.137. The van der Waals surface area contributed by atoms with Gasteiger partial charge in [-0.1, -0.05) is 51.3 Å². The van der Waals surface area contributed by atoms with E-state index in [9.17, 15) is 14.7 Å². The molecule has 1 aromatic carbocycles. The van der Waals surface area contributed by atoms with Crippen LogP contribution in [0.25, 0.3) is 11.5 Å². The number of amides is 1. The van der Waals surface area contributed by atoms with Crippen LogP contribution in [0.2, 0.25) is 0 Å². The molecule has 150 valence electrons. The third-order valence-corrected chi connectivity index (χ3v) is 5.34. The first-order valence-electron chi connectivity index (χ1n) is 10.0. The van der Waals surface area contributed by atoms with Crippen LogP contribution in [0.1, 0.15) is 74.5 Å². The molecule has 1 aliphatic carbocycles. The van der Waals surface area contributed by atoms with Crippen molar-refractivity contribution in [2.24, 2.45) is 5.92 Å². The number of carbonyl (C=O) groups is 2. The van der Waals surface area contributed by atoms with Crippen molar-refractivity contribution in [2.45, 2.75) is 64.3 Å². The molecule has 2 aromatic rings. The van der Waals surface area contributed by atoms with Gasteiger partial charge in [0.15, 0.2) is 5.69 Å². The summed E-state index contributed by atoms with van der Waals surface area (Å²) in [6, 6.07) is 9.06. The molecule has 1 unspecified atom stereocenters. The van der Waals surface area contributed by atoms with Gasteiger partial charge in [-0.05, 0) is 30.9 Å². The van der Waals surface area contributed by atoms with Crippen molar-refractivity contribution >= 4 is 11.9 Å². The standard InChI is InChI=1S/C22H28N2O4/c1-14(2)20-19(24-22(28-20)16-11-7-4-8-12-16)21(27)23-17(13-18(25)26)15-9-5-3-6-10-15/h4,7-8,11-12,14-15,17H,3,5-6,9-10,13H2,1-2H3,(H,23,27)(H,25,26). The molecule has 1 heterocycles. The molecule has 0 aliphatic heterocycles. The van der Waals surface area contributed by atoms with E-state index >= 15 is 0 Å². The van der Waals surface area contributed by atoms with Gasteiger partial charge in [0.1, 0.15) is 5.76 Å². The smallest absolute Gasteiger partial charge is 0.305 e. The van der Waals surface area contributed by atoms with Crippen LogP contribution in [0.3, 0.4) is 0 Å². The van der Waals surface area contributed by atoms with E-state index in [1.807, 2.05) is 44.2 Å². The summed E-state index contributed by atoms with van der Waals surface area (Å²) < 4.78 is 5.90. The van der Waals surface area contributed by atoms with Crippen molar-refractivity contribution in [3.05, 3.63) is 41.8 Å². The molecule has 6 heteroatoms. The Morgan fingerprint density at radius 3 is 2.46 bits per heavy atom. The van der Waals surface area contributed by atoms with E-state index in [4.69, 9.17) is 4.42 Å². The number of aromatic nitrogens is 1. The zero-order chi connectivity index (χ0) is 20.1. The van der Waals surface area contributed by atoms with Gasteiger partial charge in [-0.2, -0.15) is 0 Å². The first-order valence-corrected chi connectivity index (χ1v) is 10.0. The lowest BCUT2D eigenvalue weighted by atomic mass is 9.82. The molecule has 2 N–H and O–H groups in total. The van der Waals surface area contributed by atoms with E-state index in [1.54, 1.807) is 0 Å². The van der Waals surface area contributed by atoms with E-state index in [0.29, 0.717) is 11.7 Å². The molecule has 28 heavy (non-hydrogen) atoms. The van der Waals surface area contributed by atoms with Gasteiger partial charge in [-0.15, -0.1) is 0 Å². The Labute approximate surface area is 165 Å². The molecule has 1 aromatic heterocycles. The average Bonchev–Trinajstić information content (AvgIpc) is 3.14. The Balaban J connectivity index is 1.85. The van der Waals surface area contributed by atoms with Crippen LogP contribution >= 0.6 is 0 Å². The largest absolute Gasteiger partial charge is 0.481 e. The van der Waals surface area contributed by atoms with Crippen molar-refractivity contribution in [3.63, 3.8) is 0 Å². The maximum atomic E-state index is 13.0.